The van der Waals surface area contributed by atoms with Gasteiger partial charge in [0.15, 0.2) is 6.29 Å². The van der Waals surface area contributed by atoms with Crippen LogP contribution in [0.5, 0.6) is 0 Å². The minimum absolute atomic E-state index is 0.145. The monoisotopic (exact) mass is 454 g/mol. The SMILES string of the molecule is CC(C)=C/C=C/[C@@H](C)[C@H]1CC[C@@]2(C)C3C=C[C@@]45OC(O)[C@]3(CC[C@]12C)C4CC[C@H](O)C5(C)C. The lowest BCUT2D eigenvalue weighted by molar-refractivity contribution is -0.213. The first-order valence-corrected chi connectivity index (χ1v) is 13.4. The Hall–Kier alpha value is -0.900. The molecule has 3 heteroatoms. The molecular formula is C30H46O3. The van der Waals surface area contributed by atoms with Crippen molar-refractivity contribution < 1.29 is 14.9 Å². The summed E-state index contributed by atoms with van der Waals surface area (Å²) in [6.45, 7) is 16.1. The van der Waals surface area contributed by atoms with Crippen molar-refractivity contribution in [3.63, 3.8) is 0 Å². The Bertz CT molecular complexity index is 896. The molecule has 1 heterocycles. The van der Waals surface area contributed by atoms with E-state index < -0.39 is 23.4 Å². The third kappa shape index (κ3) is 2.74. The summed E-state index contributed by atoms with van der Waals surface area (Å²) >= 11 is 0. The first kappa shape index (κ1) is 23.8. The Morgan fingerprint density at radius 3 is 2.42 bits per heavy atom. The van der Waals surface area contributed by atoms with Gasteiger partial charge in [-0.1, -0.05) is 70.6 Å². The van der Waals surface area contributed by atoms with Crippen LogP contribution in [0.2, 0.25) is 0 Å². The number of hydrogen-bond acceptors (Lipinski definition) is 3. The van der Waals surface area contributed by atoms with Crippen molar-refractivity contribution in [1.82, 2.24) is 0 Å². The molecule has 5 aliphatic rings. The van der Waals surface area contributed by atoms with Crippen molar-refractivity contribution in [3.8, 4) is 0 Å². The summed E-state index contributed by atoms with van der Waals surface area (Å²) in [6.07, 6.45) is 16.9. The number of fused-ring (bicyclic) bond motifs is 2. The molecule has 1 aliphatic heterocycles. The molecule has 0 radical (unpaired) electrons. The van der Waals surface area contributed by atoms with Crippen molar-refractivity contribution in [3.05, 3.63) is 36.0 Å². The van der Waals surface area contributed by atoms with Crippen LogP contribution in [0.3, 0.4) is 0 Å². The Morgan fingerprint density at radius 1 is 1.00 bits per heavy atom. The average molecular weight is 455 g/mol. The third-order valence-electron chi connectivity index (χ3n) is 12.0. The van der Waals surface area contributed by atoms with Crippen LogP contribution in [0.4, 0.5) is 0 Å². The van der Waals surface area contributed by atoms with E-state index >= 15 is 0 Å². The molecule has 10 atom stereocenters. The van der Waals surface area contributed by atoms with Crippen LogP contribution in [0, 0.1) is 45.3 Å². The second kappa shape index (κ2) is 7.31. The topological polar surface area (TPSA) is 49.7 Å². The molecule has 3 nitrogen and oxygen atoms in total. The van der Waals surface area contributed by atoms with Gasteiger partial charge in [0.25, 0.3) is 0 Å². The minimum atomic E-state index is -0.748. The normalized spacial score (nSPS) is 52.8. The highest BCUT2D eigenvalue weighted by Gasteiger charge is 2.78. The lowest BCUT2D eigenvalue weighted by atomic mass is 9.38. The average Bonchev–Trinajstić information content (AvgIpc) is 3.09. The number of hydrogen-bond donors (Lipinski definition) is 2. The molecule has 1 saturated heterocycles. The highest BCUT2D eigenvalue weighted by molar-refractivity contribution is 5.34. The van der Waals surface area contributed by atoms with E-state index in [2.05, 4.69) is 78.8 Å². The maximum Gasteiger partial charge on any atom is 0.162 e. The maximum atomic E-state index is 11.6. The summed E-state index contributed by atoms with van der Waals surface area (Å²) in [7, 11) is 0. The quantitative estimate of drug-likeness (QED) is 0.382. The molecule has 33 heavy (non-hydrogen) atoms. The van der Waals surface area contributed by atoms with E-state index in [1.54, 1.807) is 0 Å². The van der Waals surface area contributed by atoms with Crippen LogP contribution >= 0.6 is 0 Å². The molecule has 3 unspecified atom stereocenters. The van der Waals surface area contributed by atoms with Crippen LogP contribution in [0.15, 0.2) is 36.0 Å². The van der Waals surface area contributed by atoms with Crippen LogP contribution < -0.4 is 0 Å². The molecule has 4 fully saturated rings. The van der Waals surface area contributed by atoms with E-state index in [-0.39, 0.29) is 22.2 Å². The summed E-state index contributed by atoms with van der Waals surface area (Å²) in [5, 5.41) is 22.5. The molecule has 0 aromatic heterocycles. The number of ether oxygens (including phenoxy) is 1. The lowest BCUT2D eigenvalue weighted by Crippen LogP contribution is -2.65. The van der Waals surface area contributed by atoms with Gasteiger partial charge in [0.1, 0.15) is 5.60 Å². The predicted molar refractivity (Wildman–Crippen MR) is 133 cm³/mol. The third-order valence-corrected chi connectivity index (χ3v) is 12.0. The smallest absolute Gasteiger partial charge is 0.162 e. The van der Waals surface area contributed by atoms with Gasteiger partial charge in [-0.25, -0.2) is 0 Å². The molecule has 0 aromatic rings. The number of aliphatic hydroxyl groups is 2. The van der Waals surface area contributed by atoms with Gasteiger partial charge < -0.3 is 14.9 Å². The Morgan fingerprint density at radius 2 is 1.73 bits per heavy atom. The van der Waals surface area contributed by atoms with Gasteiger partial charge in [0.2, 0.25) is 0 Å². The highest BCUT2D eigenvalue weighted by atomic mass is 16.6. The fraction of sp³-hybridized carbons (Fsp3) is 0.800. The number of aliphatic hydroxyl groups excluding tert-OH is 2. The predicted octanol–water partition coefficient (Wildman–Crippen LogP) is 6.42. The fourth-order valence-electron chi connectivity index (χ4n) is 9.74. The second-order valence-corrected chi connectivity index (χ2v) is 13.5. The van der Waals surface area contributed by atoms with E-state index in [1.165, 1.54) is 18.4 Å². The van der Waals surface area contributed by atoms with Crippen LogP contribution in [0.25, 0.3) is 0 Å². The standard InChI is InChI=1S/C30H46O3/c1-19(2)9-8-10-20(3)21-13-15-28(7)22-14-16-30-23(11-12-24(31)26(30,4)5)29(22,25(32)33-30)18-17-27(21,28)6/h8-10,14,16,20-25,31-32H,11-13,15,17-18H2,1-7H3/b10-8+/t20-,21-,22?,23?,24+,25?,27-,28+,29+,30-/m1/s1. The van der Waals surface area contributed by atoms with Crippen molar-refractivity contribution >= 4 is 0 Å². The van der Waals surface area contributed by atoms with Gasteiger partial charge in [-0.05, 0) is 81.0 Å². The summed E-state index contributed by atoms with van der Waals surface area (Å²) in [5.41, 5.74) is 0.554. The second-order valence-electron chi connectivity index (χ2n) is 13.5. The summed E-state index contributed by atoms with van der Waals surface area (Å²) in [5.74, 6) is 1.81. The summed E-state index contributed by atoms with van der Waals surface area (Å²) in [4.78, 5) is 0. The maximum absolute atomic E-state index is 11.6. The molecule has 3 saturated carbocycles. The van der Waals surface area contributed by atoms with Gasteiger partial charge in [-0.3, -0.25) is 0 Å². The Balaban J connectivity index is 1.54. The van der Waals surface area contributed by atoms with E-state index in [1.807, 2.05) is 0 Å². The first-order valence-electron chi connectivity index (χ1n) is 13.4. The van der Waals surface area contributed by atoms with Crippen LogP contribution in [0.1, 0.15) is 87.0 Å². The lowest BCUT2D eigenvalue weighted by Gasteiger charge is -2.65. The van der Waals surface area contributed by atoms with E-state index in [4.69, 9.17) is 4.74 Å². The van der Waals surface area contributed by atoms with Crippen molar-refractivity contribution in [2.24, 2.45) is 45.3 Å². The zero-order chi connectivity index (χ0) is 24.0. The molecule has 4 aliphatic carbocycles. The molecule has 184 valence electrons. The summed E-state index contributed by atoms with van der Waals surface area (Å²) in [6, 6.07) is 0. The zero-order valence-electron chi connectivity index (χ0n) is 21.9. The largest absolute Gasteiger partial charge is 0.392 e. The van der Waals surface area contributed by atoms with Gasteiger partial charge in [0, 0.05) is 16.7 Å². The first-order chi connectivity index (χ1) is 15.4. The van der Waals surface area contributed by atoms with Gasteiger partial charge in [-0.2, -0.15) is 0 Å². The Kier molecular flexibility index (Phi) is 5.27. The Labute approximate surface area is 201 Å². The van der Waals surface area contributed by atoms with Crippen molar-refractivity contribution in [2.75, 3.05) is 0 Å². The summed E-state index contributed by atoms with van der Waals surface area (Å²) < 4.78 is 6.59. The van der Waals surface area contributed by atoms with Crippen LogP contribution in [-0.2, 0) is 4.74 Å². The van der Waals surface area contributed by atoms with Crippen molar-refractivity contribution in [2.45, 2.75) is 105 Å². The fourth-order valence-corrected chi connectivity index (χ4v) is 9.74. The molecule has 5 rings (SSSR count). The number of allylic oxidation sites excluding steroid dienone is 5. The van der Waals surface area contributed by atoms with Crippen LogP contribution in [-0.4, -0.2) is 28.2 Å². The van der Waals surface area contributed by atoms with E-state index in [0.717, 1.165) is 25.7 Å². The van der Waals surface area contributed by atoms with Crippen molar-refractivity contribution in [1.29, 1.82) is 0 Å². The van der Waals surface area contributed by atoms with E-state index in [9.17, 15) is 10.2 Å². The number of rotatable bonds is 3. The van der Waals surface area contributed by atoms with Gasteiger partial charge in [0.05, 0.1) is 6.10 Å². The zero-order valence-corrected chi connectivity index (χ0v) is 21.9. The van der Waals surface area contributed by atoms with Gasteiger partial charge >= 0.3 is 0 Å². The highest BCUT2D eigenvalue weighted by Crippen LogP contribution is 2.78. The molecule has 2 N–H and O–H groups in total. The van der Waals surface area contributed by atoms with E-state index in [0.29, 0.717) is 17.8 Å². The molecule has 2 bridgehead atoms. The molecule has 0 aromatic carbocycles. The molecule has 0 amide bonds. The van der Waals surface area contributed by atoms with Gasteiger partial charge in [-0.15, -0.1) is 0 Å². The molecular weight excluding hydrogens is 408 g/mol. The minimum Gasteiger partial charge on any atom is -0.392 e. The molecule has 1 spiro atoms.